The minimum Gasteiger partial charge on any atom is -0.267 e. The van der Waals surface area contributed by atoms with E-state index in [-0.39, 0.29) is 5.91 Å². The average Bonchev–Trinajstić information content (AvgIpc) is 3.22. The molecular weight excluding hydrogens is 390 g/mol. The lowest BCUT2D eigenvalue weighted by Crippen LogP contribution is -2.33. The number of carbonyl (C=O) groups is 1. The van der Waals surface area contributed by atoms with Crippen LogP contribution in [-0.2, 0) is 0 Å². The molecule has 1 N–H and O–H groups in total. The molecule has 0 saturated heterocycles. The van der Waals surface area contributed by atoms with E-state index in [4.69, 9.17) is 0 Å². The van der Waals surface area contributed by atoms with Crippen molar-refractivity contribution < 1.29 is 4.79 Å². The van der Waals surface area contributed by atoms with Gasteiger partial charge in [0.15, 0.2) is 5.65 Å². The smallest absolute Gasteiger partial charge is 0.267 e. The minimum atomic E-state index is -0.395. The van der Waals surface area contributed by atoms with Gasteiger partial charge in [0.1, 0.15) is 11.7 Å². The number of aryl methyl sites for hydroxylation is 2. The van der Waals surface area contributed by atoms with Gasteiger partial charge in [0, 0.05) is 5.56 Å². The number of benzene rings is 3. The zero-order valence-corrected chi connectivity index (χ0v) is 17.0. The molecule has 0 aliphatic rings. The van der Waals surface area contributed by atoms with Gasteiger partial charge in [0.2, 0.25) is 0 Å². The molecule has 3 aromatic carbocycles. The van der Waals surface area contributed by atoms with Crippen molar-refractivity contribution >= 4 is 27.7 Å². The van der Waals surface area contributed by atoms with Crippen LogP contribution >= 0.6 is 0 Å². The van der Waals surface area contributed by atoms with E-state index in [1.165, 1.54) is 18.1 Å². The molecule has 0 radical (unpaired) electrons. The molecule has 7 nitrogen and oxygen atoms in total. The number of amides is 1. The Morgan fingerprint density at radius 3 is 2.58 bits per heavy atom. The van der Waals surface area contributed by atoms with E-state index in [0.29, 0.717) is 16.6 Å². The monoisotopic (exact) mass is 409 g/mol. The molecule has 7 heteroatoms. The second-order valence-corrected chi connectivity index (χ2v) is 7.45. The highest BCUT2D eigenvalue weighted by atomic mass is 16.2. The molecule has 31 heavy (non-hydrogen) atoms. The van der Waals surface area contributed by atoms with Gasteiger partial charge in [-0.3, -0.25) is 15.0 Å². The number of hydrogen-bond donors (Lipinski definition) is 1. The number of aromatic nitrogens is 4. The largest absolute Gasteiger partial charge is 0.283 e. The van der Waals surface area contributed by atoms with Crippen LogP contribution in [0.25, 0.3) is 27.5 Å². The predicted molar refractivity (Wildman–Crippen MR) is 120 cm³/mol. The molecule has 0 aliphatic carbocycles. The third-order valence-electron chi connectivity index (χ3n) is 5.48. The SMILES string of the molecule is Cc1ccc(-n2ncc3c(=O)n(NC(=O)c4cccc5ccccc45)cnc32)cc1C. The van der Waals surface area contributed by atoms with E-state index in [9.17, 15) is 9.59 Å². The van der Waals surface area contributed by atoms with Gasteiger partial charge >= 0.3 is 0 Å². The maximum atomic E-state index is 13.0. The fourth-order valence-electron chi connectivity index (χ4n) is 3.63. The summed E-state index contributed by atoms with van der Waals surface area (Å²) in [7, 11) is 0. The number of carbonyl (C=O) groups excluding carboxylic acids is 1. The lowest BCUT2D eigenvalue weighted by molar-refractivity contribution is 0.101. The quantitative estimate of drug-likeness (QED) is 0.492. The second-order valence-electron chi connectivity index (χ2n) is 7.45. The zero-order valence-electron chi connectivity index (χ0n) is 17.0. The van der Waals surface area contributed by atoms with Crippen molar-refractivity contribution in [1.29, 1.82) is 0 Å². The topological polar surface area (TPSA) is 81.8 Å². The molecule has 5 rings (SSSR count). The van der Waals surface area contributed by atoms with Crippen LogP contribution in [0.3, 0.4) is 0 Å². The molecule has 0 unspecified atom stereocenters. The average molecular weight is 409 g/mol. The Balaban J connectivity index is 1.53. The van der Waals surface area contributed by atoms with Crippen LogP contribution in [0.5, 0.6) is 0 Å². The number of rotatable bonds is 3. The first-order valence-corrected chi connectivity index (χ1v) is 9.85. The van der Waals surface area contributed by atoms with Gasteiger partial charge < -0.3 is 0 Å². The summed E-state index contributed by atoms with van der Waals surface area (Å²) in [6.07, 6.45) is 2.79. The summed E-state index contributed by atoms with van der Waals surface area (Å²) in [6, 6.07) is 19.0. The number of nitrogens with zero attached hydrogens (tertiary/aromatic N) is 4. The highest BCUT2D eigenvalue weighted by molar-refractivity contribution is 6.10. The van der Waals surface area contributed by atoms with Crippen LogP contribution in [0.1, 0.15) is 21.5 Å². The molecule has 5 aromatic rings. The first-order chi connectivity index (χ1) is 15.0. The predicted octanol–water partition coefficient (Wildman–Crippen LogP) is 3.74. The van der Waals surface area contributed by atoms with Crippen molar-refractivity contribution in [2.24, 2.45) is 0 Å². The van der Waals surface area contributed by atoms with E-state index >= 15 is 0 Å². The first-order valence-electron chi connectivity index (χ1n) is 9.85. The van der Waals surface area contributed by atoms with Gasteiger partial charge in [0.25, 0.3) is 11.5 Å². The van der Waals surface area contributed by atoms with Crippen molar-refractivity contribution in [3.8, 4) is 5.69 Å². The van der Waals surface area contributed by atoms with Crippen LogP contribution in [0, 0.1) is 13.8 Å². The molecule has 2 heterocycles. The van der Waals surface area contributed by atoms with Gasteiger partial charge in [-0.25, -0.2) is 14.3 Å². The molecule has 152 valence electrons. The molecule has 0 spiro atoms. The van der Waals surface area contributed by atoms with Crippen LogP contribution in [0.15, 0.2) is 78.0 Å². The maximum Gasteiger partial charge on any atom is 0.283 e. The summed E-state index contributed by atoms with van der Waals surface area (Å²) in [6.45, 7) is 4.06. The lowest BCUT2D eigenvalue weighted by atomic mass is 10.0. The Morgan fingerprint density at radius 2 is 1.74 bits per heavy atom. The second kappa shape index (κ2) is 7.21. The molecule has 0 atom stereocenters. The van der Waals surface area contributed by atoms with E-state index in [1.54, 1.807) is 10.7 Å². The molecule has 2 aromatic heterocycles. The fourth-order valence-corrected chi connectivity index (χ4v) is 3.63. The number of fused-ring (bicyclic) bond motifs is 2. The zero-order chi connectivity index (χ0) is 21.5. The Bertz CT molecular complexity index is 1530. The summed E-state index contributed by atoms with van der Waals surface area (Å²) in [5.74, 6) is -0.387. The van der Waals surface area contributed by atoms with E-state index in [1.807, 2.05) is 68.4 Å². The highest BCUT2D eigenvalue weighted by Gasteiger charge is 2.15. The standard InChI is InChI=1S/C24H19N5O2/c1-15-10-11-18(12-16(15)2)29-22-21(13-26-29)24(31)28(14-25-22)27-23(30)20-9-5-7-17-6-3-4-8-19(17)20/h3-14H,1-2H3,(H,27,30). The van der Waals surface area contributed by atoms with Crippen LogP contribution in [-0.4, -0.2) is 25.3 Å². The van der Waals surface area contributed by atoms with E-state index in [2.05, 4.69) is 15.5 Å². The van der Waals surface area contributed by atoms with Gasteiger partial charge in [-0.2, -0.15) is 5.10 Å². The summed E-state index contributed by atoms with van der Waals surface area (Å²) >= 11 is 0. The number of nitrogens with one attached hydrogen (secondary N) is 1. The molecule has 0 bridgehead atoms. The fraction of sp³-hybridized carbons (Fsp3) is 0.0833. The van der Waals surface area contributed by atoms with Crippen molar-refractivity contribution in [2.45, 2.75) is 13.8 Å². The summed E-state index contributed by atoms with van der Waals surface area (Å²) in [4.78, 5) is 30.3. The third kappa shape index (κ3) is 3.16. The molecular formula is C24H19N5O2. The van der Waals surface area contributed by atoms with Crippen molar-refractivity contribution in [2.75, 3.05) is 5.43 Å². The molecule has 1 amide bonds. The van der Waals surface area contributed by atoms with Crippen molar-refractivity contribution in [3.05, 3.63) is 100 Å². The first kappa shape index (κ1) is 18.7. The van der Waals surface area contributed by atoms with Gasteiger partial charge in [0.05, 0.1) is 11.9 Å². The summed E-state index contributed by atoms with van der Waals surface area (Å²) in [5.41, 5.74) is 6.28. The molecule has 0 fully saturated rings. The highest BCUT2D eigenvalue weighted by Crippen LogP contribution is 2.19. The Hall–Kier alpha value is -4.26. The number of hydrogen-bond acceptors (Lipinski definition) is 4. The van der Waals surface area contributed by atoms with Crippen molar-refractivity contribution in [1.82, 2.24) is 19.4 Å². The van der Waals surface area contributed by atoms with Crippen molar-refractivity contribution in [3.63, 3.8) is 0 Å². The van der Waals surface area contributed by atoms with Crippen LogP contribution in [0.2, 0.25) is 0 Å². The molecule has 0 aliphatic heterocycles. The third-order valence-corrected chi connectivity index (χ3v) is 5.48. The normalized spacial score (nSPS) is 11.2. The van der Waals surface area contributed by atoms with Crippen LogP contribution in [0.4, 0.5) is 0 Å². The van der Waals surface area contributed by atoms with Gasteiger partial charge in [-0.15, -0.1) is 0 Å². The lowest BCUT2D eigenvalue weighted by Gasteiger charge is -2.10. The Morgan fingerprint density at radius 1 is 0.935 bits per heavy atom. The van der Waals surface area contributed by atoms with Gasteiger partial charge in [-0.1, -0.05) is 42.5 Å². The van der Waals surface area contributed by atoms with E-state index in [0.717, 1.165) is 26.7 Å². The van der Waals surface area contributed by atoms with Gasteiger partial charge in [-0.05, 0) is 53.9 Å². The van der Waals surface area contributed by atoms with Crippen LogP contribution < -0.4 is 11.0 Å². The Labute approximate surface area is 177 Å². The Kier molecular flexibility index (Phi) is 4.36. The maximum absolute atomic E-state index is 13.0. The minimum absolute atomic E-state index is 0.318. The molecule has 0 saturated carbocycles. The summed E-state index contributed by atoms with van der Waals surface area (Å²) < 4.78 is 2.72. The van der Waals surface area contributed by atoms with E-state index < -0.39 is 5.56 Å². The summed E-state index contributed by atoms with van der Waals surface area (Å²) in [5, 5.41) is 6.43.